The van der Waals surface area contributed by atoms with Crippen LogP contribution >= 0.6 is 0 Å². The molecular weight excluding hydrogens is 204 g/mol. The van der Waals surface area contributed by atoms with Gasteiger partial charge in [-0.1, -0.05) is 0 Å². The van der Waals surface area contributed by atoms with E-state index in [0.29, 0.717) is 0 Å². The molecule has 0 radical (unpaired) electrons. The second kappa shape index (κ2) is 4.65. The van der Waals surface area contributed by atoms with Crippen LogP contribution < -0.4 is 11.1 Å². The first kappa shape index (κ1) is 11.1. The van der Waals surface area contributed by atoms with E-state index in [4.69, 9.17) is 5.73 Å². The van der Waals surface area contributed by atoms with Gasteiger partial charge in [0.05, 0.1) is 18.2 Å². The molecule has 0 spiro atoms. The zero-order valence-corrected chi connectivity index (χ0v) is 9.52. The predicted octanol–water partition coefficient (Wildman–Crippen LogP) is 0.429. The molecule has 1 aliphatic rings. The summed E-state index contributed by atoms with van der Waals surface area (Å²) >= 11 is 0. The average Bonchev–Trinajstić information content (AvgIpc) is 2.95. The van der Waals surface area contributed by atoms with Gasteiger partial charge < -0.3 is 15.6 Å². The normalized spacial score (nSPS) is 17.3. The van der Waals surface area contributed by atoms with Crippen molar-refractivity contribution in [3.8, 4) is 0 Å². The third-order valence-electron chi connectivity index (χ3n) is 2.97. The van der Waals surface area contributed by atoms with Gasteiger partial charge in [-0.3, -0.25) is 4.79 Å². The molecule has 5 nitrogen and oxygen atoms in total. The minimum atomic E-state index is -0.414. The number of primary amides is 1. The molecule has 1 aliphatic carbocycles. The molecular formula is C11H18N4O. The molecule has 1 aromatic rings. The van der Waals surface area contributed by atoms with E-state index in [-0.39, 0.29) is 5.91 Å². The van der Waals surface area contributed by atoms with Gasteiger partial charge in [0.25, 0.3) is 0 Å². The van der Waals surface area contributed by atoms with Gasteiger partial charge >= 0.3 is 0 Å². The lowest BCUT2D eigenvalue weighted by atomic mass is 10.2. The first-order chi connectivity index (χ1) is 7.72. The number of rotatable bonds is 6. The summed E-state index contributed by atoms with van der Waals surface area (Å²) < 4.78 is 1.94. The summed E-state index contributed by atoms with van der Waals surface area (Å²) in [5.41, 5.74) is 6.27. The molecule has 1 atom stereocenters. The Morgan fingerprint density at radius 3 is 3.06 bits per heavy atom. The zero-order valence-electron chi connectivity index (χ0n) is 9.52. The third kappa shape index (κ3) is 2.41. The molecule has 3 N–H and O–H groups in total. The Hall–Kier alpha value is -1.36. The Bertz CT molecular complexity index is 370. The maximum absolute atomic E-state index is 11.4. The number of aromatic nitrogens is 2. The third-order valence-corrected chi connectivity index (χ3v) is 2.97. The van der Waals surface area contributed by atoms with Gasteiger partial charge in [-0.05, 0) is 32.2 Å². The van der Waals surface area contributed by atoms with E-state index in [0.717, 1.165) is 24.7 Å². The number of aryl methyl sites for hydroxylation is 1. The van der Waals surface area contributed by atoms with Crippen LogP contribution in [0.2, 0.25) is 0 Å². The fourth-order valence-corrected chi connectivity index (χ4v) is 1.79. The fraction of sp³-hybridized carbons (Fsp3) is 0.636. The number of amides is 1. The van der Waals surface area contributed by atoms with Crippen molar-refractivity contribution in [3.63, 3.8) is 0 Å². The lowest BCUT2D eigenvalue weighted by molar-refractivity contribution is -0.120. The minimum absolute atomic E-state index is 0.337. The van der Waals surface area contributed by atoms with E-state index in [1.165, 1.54) is 12.8 Å². The SMILES string of the molecule is CCn1cncc1C(NCC1CC1)C(N)=O. The Balaban J connectivity index is 2.07. The van der Waals surface area contributed by atoms with Crippen molar-refractivity contribution < 1.29 is 4.79 Å². The summed E-state index contributed by atoms with van der Waals surface area (Å²) in [7, 11) is 0. The van der Waals surface area contributed by atoms with Crippen LogP contribution in [0.15, 0.2) is 12.5 Å². The number of nitrogens with one attached hydrogen (secondary N) is 1. The maximum Gasteiger partial charge on any atom is 0.240 e. The second-order valence-corrected chi connectivity index (χ2v) is 4.29. The molecule has 0 aliphatic heterocycles. The molecule has 0 saturated heterocycles. The first-order valence-electron chi connectivity index (χ1n) is 5.75. The minimum Gasteiger partial charge on any atom is -0.368 e. The summed E-state index contributed by atoms with van der Waals surface area (Å²) in [6.45, 7) is 3.68. The lowest BCUT2D eigenvalue weighted by Gasteiger charge is -2.16. The maximum atomic E-state index is 11.4. The molecule has 2 rings (SSSR count). The molecule has 16 heavy (non-hydrogen) atoms. The van der Waals surface area contributed by atoms with Gasteiger partial charge in [0.1, 0.15) is 6.04 Å². The van der Waals surface area contributed by atoms with Crippen molar-refractivity contribution in [2.45, 2.75) is 32.4 Å². The van der Waals surface area contributed by atoms with Gasteiger partial charge in [-0.25, -0.2) is 4.98 Å². The van der Waals surface area contributed by atoms with Crippen LogP contribution in [0.25, 0.3) is 0 Å². The van der Waals surface area contributed by atoms with E-state index in [1.807, 2.05) is 11.5 Å². The van der Waals surface area contributed by atoms with Gasteiger partial charge in [0.2, 0.25) is 5.91 Å². The Morgan fingerprint density at radius 2 is 2.50 bits per heavy atom. The molecule has 5 heteroatoms. The number of carbonyl (C=O) groups is 1. The van der Waals surface area contributed by atoms with E-state index in [1.54, 1.807) is 12.5 Å². The monoisotopic (exact) mass is 222 g/mol. The van der Waals surface area contributed by atoms with Crippen LogP contribution in [0.4, 0.5) is 0 Å². The molecule has 1 fully saturated rings. The Morgan fingerprint density at radius 1 is 1.75 bits per heavy atom. The number of nitrogens with two attached hydrogens (primary N) is 1. The number of imidazole rings is 1. The highest BCUT2D eigenvalue weighted by molar-refractivity contribution is 5.80. The predicted molar refractivity (Wildman–Crippen MR) is 60.6 cm³/mol. The van der Waals surface area contributed by atoms with Crippen molar-refractivity contribution in [1.29, 1.82) is 0 Å². The van der Waals surface area contributed by atoms with Crippen LogP contribution in [0, 0.1) is 5.92 Å². The summed E-state index contributed by atoms with van der Waals surface area (Å²) in [4.78, 5) is 15.5. The number of hydrogen-bond acceptors (Lipinski definition) is 3. The Kier molecular flexibility index (Phi) is 3.24. The highest BCUT2D eigenvalue weighted by Gasteiger charge is 2.26. The molecule has 1 saturated carbocycles. The van der Waals surface area contributed by atoms with E-state index >= 15 is 0 Å². The zero-order chi connectivity index (χ0) is 11.5. The van der Waals surface area contributed by atoms with Gasteiger partial charge in [-0.15, -0.1) is 0 Å². The van der Waals surface area contributed by atoms with Crippen molar-refractivity contribution in [2.24, 2.45) is 11.7 Å². The molecule has 0 aromatic carbocycles. The quantitative estimate of drug-likeness (QED) is 0.733. The number of hydrogen-bond donors (Lipinski definition) is 2. The summed E-state index contributed by atoms with van der Waals surface area (Å²) in [5, 5.41) is 3.22. The van der Waals surface area contributed by atoms with Crippen molar-refractivity contribution >= 4 is 5.91 Å². The number of carbonyl (C=O) groups excluding carboxylic acids is 1. The fourth-order valence-electron chi connectivity index (χ4n) is 1.79. The van der Waals surface area contributed by atoms with Crippen LogP contribution in [0.5, 0.6) is 0 Å². The first-order valence-corrected chi connectivity index (χ1v) is 5.75. The van der Waals surface area contributed by atoms with Crippen LogP contribution in [0.3, 0.4) is 0 Å². The van der Waals surface area contributed by atoms with Crippen molar-refractivity contribution in [2.75, 3.05) is 6.54 Å². The average molecular weight is 222 g/mol. The molecule has 0 bridgehead atoms. The van der Waals surface area contributed by atoms with Gasteiger partial charge in [-0.2, -0.15) is 0 Å². The Labute approximate surface area is 95.0 Å². The largest absolute Gasteiger partial charge is 0.368 e. The smallest absolute Gasteiger partial charge is 0.240 e. The van der Waals surface area contributed by atoms with E-state index < -0.39 is 6.04 Å². The summed E-state index contributed by atoms with van der Waals surface area (Å²) in [6.07, 6.45) is 5.94. The standard InChI is InChI=1S/C11H18N4O/c1-2-15-7-13-6-9(15)10(11(12)16)14-5-8-3-4-8/h6-8,10,14H,2-5H2,1H3,(H2,12,16). The van der Waals surface area contributed by atoms with E-state index in [2.05, 4.69) is 10.3 Å². The van der Waals surface area contributed by atoms with E-state index in [9.17, 15) is 4.79 Å². The molecule has 1 amide bonds. The summed E-state index contributed by atoms with van der Waals surface area (Å²) in [6, 6.07) is -0.414. The second-order valence-electron chi connectivity index (χ2n) is 4.29. The van der Waals surface area contributed by atoms with Crippen LogP contribution in [-0.2, 0) is 11.3 Å². The van der Waals surface area contributed by atoms with Crippen LogP contribution in [0.1, 0.15) is 31.5 Å². The van der Waals surface area contributed by atoms with Gasteiger partial charge in [0, 0.05) is 6.54 Å². The molecule has 1 heterocycles. The van der Waals surface area contributed by atoms with Crippen molar-refractivity contribution in [1.82, 2.24) is 14.9 Å². The van der Waals surface area contributed by atoms with Gasteiger partial charge in [0.15, 0.2) is 0 Å². The van der Waals surface area contributed by atoms with Crippen LogP contribution in [-0.4, -0.2) is 22.0 Å². The van der Waals surface area contributed by atoms with Crippen molar-refractivity contribution in [3.05, 3.63) is 18.2 Å². The number of nitrogens with zero attached hydrogens (tertiary/aromatic N) is 2. The highest BCUT2D eigenvalue weighted by atomic mass is 16.1. The summed E-state index contributed by atoms with van der Waals surface area (Å²) in [5.74, 6) is 0.385. The molecule has 1 aromatic heterocycles. The molecule has 88 valence electrons. The lowest BCUT2D eigenvalue weighted by Crippen LogP contribution is -2.36. The molecule has 1 unspecified atom stereocenters. The topological polar surface area (TPSA) is 72.9 Å². The highest BCUT2D eigenvalue weighted by Crippen LogP contribution is 2.28.